The van der Waals surface area contributed by atoms with Crippen molar-refractivity contribution in [2.45, 2.75) is 19.1 Å². The van der Waals surface area contributed by atoms with Crippen LogP contribution in [-0.4, -0.2) is 28.7 Å². The molecule has 0 fully saturated rings. The predicted molar refractivity (Wildman–Crippen MR) is 62.0 cm³/mol. The predicted octanol–water partition coefficient (Wildman–Crippen LogP) is 1.23. The van der Waals surface area contributed by atoms with Crippen LogP contribution in [0.1, 0.15) is 28.9 Å². The fourth-order valence-electron chi connectivity index (χ4n) is 1.86. The van der Waals surface area contributed by atoms with Crippen LogP contribution in [0.5, 0.6) is 5.75 Å². The van der Waals surface area contributed by atoms with Crippen LogP contribution in [0.2, 0.25) is 0 Å². The number of fused-ring (bicyclic) bond motifs is 1. The number of hydrogen-bond donors (Lipinski definition) is 2. The molecule has 0 bridgehead atoms. The molecule has 0 saturated carbocycles. The Balaban J connectivity index is 2.34. The highest BCUT2D eigenvalue weighted by Gasteiger charge is 2.34. The van der Waals surface area contributed by atoms with Crippen molar-refractivity contribution in [1.82, 2.24) is 0 Å². The molecule has 1 aromatic carbocycles. The number of ether oxygens (including phenoxy) is 1. The summed E-state index contributed by atoms with van der Waals surface area (Å²) < 4.78 is 5.50. The number of aliphatic hydroxyl groups excluding tert-OH is 2. The third-order valence-corrected chi connectivity index (χ3v) is 2.88. The van der Waals surface area contributed by atoms with E-state index in [1.807, 2.05) is 0 Å². The molecule has 2 N–H and O–H groups in total. The summed E-state index contributed by atoms with van der Waals surface area (Å²) in [4.78, 5) is 11.2. The van der Waals surface area contributed by atoms with Crippen molar-refractivity contribution in [3.63, 3.8) is 0 Å². The van der Waals surface area contributed by atoms with Gasteiger partial charge in [-0.1, -0.05) is 18.7 Å². The van der Waals surface area contributed by atoms with Crippen LogP contribution in [0.4, 0.5) is 0 Å². The molecule has 4 heteroatoms. The number of rotatable bonds is 3. The first-order valence-corrected chi connectivity index (χ1v) is 5.32. The minimum Gasteiger partial charge on any atom is -0.482 e. The molecule has 2 atom stereocenters. The maximum absolute atomic E-state index is 11.2. The van der Waals surface area contributed by atoms with Crippen LogP contribution < -0.4 is 4.74 Å². The highest BCUT2D eigenvalue weighted by atomic mass is 16.5. The number of carbonyl (C=O) groups excluding carboxylic acids is 1. The molecular weight excluding hydrogens is 220 g/mol. The lowest BCUT2D eigenvalue weighted by Gasteiger charge is -2.15. The largest absolute Gasteiger partial charge is 0.482 e. The van der Waals surface area contributed by atoms with Crippen molar-refractivity contribution in [2.24, 2.45) is 0 Å². The van der Waals surface area contributed by atoms with E-state index in [2.05, 4.69) is 6.58 Å². The van der Waals surface area contributed by atoms with Gasteiger partial charge < -0.3 is 14.9 Å². The molecule has 0 amide bonds. The summed E-state index contributed by atoms with van der Waals surface area (Å²) in [6.45, 7) is 4.87. The average Bonchev–Trinajstić information content (AvgIpc) is 2.65. The summed E-state index contributed by atoms with van der Waals surface area (Å²) >= 11 is 0. The van der Waals surface area contributed by atoms with Gasteiger partial charge in [-0.25, -0.2) is 0 Å². The lowest BCUT2D eigenvalue weighted by Crippen LogP contribution is -2.22. The number of hydrogen-bond acceptors (Lipinski definition) is 4. The van der Waals surface area contributed by atoms with Gasteiger partial charge in [0.25, 0.3) is 0 Å². The lowest BCUT2D eigenvalue weighted by atomic mass is 10.0. The summed E-state index contributed by atoms with van der Waals surface area (Å²) in [5.41, 5.74) is 1.57. The van der Waals surface area contributed by atoms with Crippen LogP contribution in [0.25, 0.3) is 0 Å². The molecule has 0 spiro atoms. The molecule has 2 rings (SSSR count). The molecule has 4 nitrogen and oxygen atoms in total. The normalized spacial score (nSPS) is 21.8. The number of aliphatic hydroxyl groups is 2. The Bertz CT molecular complexity index is 478. The van der Waals surface area contributed by atoms with E-state index in [1.165, 1.54) is 6.92 Å². The minimum absolute atomic E-state index is 0.0599. The van der Waals surface area contributed by atoms with Gasteiger partial charge in [-0.2, -0.15) is 0 Å². The zero-order valence-corrected chi connectivity index (χ0v) is 9.51. The molecule has 1 aromatic rings. The van der Waals surface area contributed by atoms with E-state index in [9.17, 15) is 9.90 Å². The highest BCUT2D eigenvalue weighted by molar-refractivity contribution is 5.94. The second kappa shape index (κ2) is 4.31. The topological polar surface area (TPSA) is 66.8 Å². The van der Waals surface area contributed by atoms with Gasteiger partial charge in [0.05, 0.1) is 6.61 Å². The van der Waals surface area contributed by atoms with Gasteiger partial charge in [-0.15, -0.1) is 0 Å². The zero-order chi connectivity index (χ0) is 12.6. The van der Waals surface area contributed by atoms with Crippen LogP contribution in [0.15, 0.2) is 30.4 Å². The van der Waals surface area contributed by atoms with E-state index >= 15 is 0 Å². The van der Waals surface area contributed by atoms with Crippen molar-refractivity contribution in [1.29, 1.82) is 0 Å². The van der Waals surface area contributed by atoms with E-state index in [0.717, 1.165) is 0 Å². The molecule has 0 radical (unpaired) electrons. The van der Waals surface area contributed by atoms with Gasteiger partial charge in [-0.05, 0) is 18.6 Å². The van der Waals surface area contributed by atoms with Crippen molar-refractivity contribution >= 4 is 5.78 Å². The summed E-state index contributed by atoms with van der Waals surface area (Å²) in [5, 5.41) is 19.0. The van der Waals surface area contributed by atoms with Gasteiger partial charge >= 0.3 is 0 Å². The SMILES string of the molecule is C=C(CO)[C@H]1Oc2cc(C(C)=O)ccc2[C@H]1O. The van der Waals surface area contributed by atoms with Crippen LogP contribution in [-0.2, 0) is 0 Å². The first-order valence-electron chi connectivity index (χ1n) is 5.32. The smallest absolute Gasteiger partial charge is 0.159 e. The molecule has 0 aromatic heterocycles. The number of carbonyl (C=O) groups is 1. The summed E-state index contributed by atoms with van der Waals surface area (Å²) in [5.74, 6) is 0.417. The zero-order valence-electron chi connectivity index (χ0n) is 9.51. The van der Waals surface area contributed by atoms with E-state index in [-0.39, 0.29) is 12.4 Å². The van der Waals surface area contributed by atoms with Crippen molar-refractivity contribution < 1.29 is 19.7 Å². The van der Waals surface area contributed by atoms with Crippen molar-refractivity contribution in [3.05, 3.63) is 41.5 Å². The van der Waals surface area contributed by atoms with Gasteiger partial charge in [-0.3, -0.25) is 4.79 Å². The minimum atomic E-state index is -0.842. The second-order valence-electron chi connectivity index (χ2n) is 4.11. The lowest BCUT2D eigenvalue weighted by molar-refractivity contribution is 0.0825. The number of benzene rings is 1. The third-order valence-electron chi connectivity index (χ3n) is 2.88. The summed E-state index contributed by atoms with van der Waals surface area (Å²) in [6.07, 6.45) is -1.48. The summed E-state index contributed by atoms with van der Waals surface area (Å²) in [6, 6.07) is 4.92. The molecule has 1 heterocycles. The quantitative estimate of drug-likeness (QED) is 0.610. The molecular formula is C13H14O4. The second-order valence-corrected chi connectivity index (χ2v) is 4.11. The van der Waals surface area contributed by atoms with E-state index in [1.54, 1.807) is 18.2 Å². The Morgan fingerprint density at radius 3 is 2.82 bits per heavy atom. The van der Waals surface area contributed by atoms with E-state index < -0.39 is 12.2 Å². The Labute approximate surface area is 99.2 Å². The van der Waals surface area contributed by atoms with Crippen LogP contribution in [0.3, 0.4) is 0 Å². The Hall–Kier alpha value is -1.65. The molecule has 17 heavy (non-hydrogen) atoms. The first kappa shape index (κ1) is 11.8. The van der Waals surface area contributed by atoms with Crippen molar-refractivity contribution in [2.75, 3.05) is 6.61 Å². The highest BCUT2D eigenvalue weighted by Crippen LogP contribution is 2.39. The third kappa shape index (κ3) is 1.97. The van der Waals surface area contributed by atoms with Crippen LogP contribution >= 0.6 is 0 Å². The van der Waals surface area contributed by atoms with E-state index in [0.29, 0.717) is 22.4 Å². The van der Waals surface area contributed by atoms with Gasteiger partial charge in [0, 0.05) is 11.1 Å². The van der Waals surface area contributed by atoms with E-state index in [4.69, 9.17) is 9.84 Å². The van der Waals surface area contributed by atoms with Crippen molar-refractivity contribution in [3.8, 4) is 5.75 Å². The fraction of sp³-hybridized carbons (Fsp3) is 0.308. The van der Waals surface area contributed by atoms with Gasteiger partial charge in [0.2, 0.25) is 0 Å². The Kier molecular flexibility index (Phi) is 3.00. The Morgan fingerprint density at radius 2 is 2.24 bits per heavy atom. The standard InChI is InChI=1S/C13H14O4/c1-7(6-14)13-12(16)10-4-3-9(8(2)15)5-11(10)17-13/h3-5,12-14,16H,1,6H2,2H3/t12-,13-/m1/s1. The molecule has 1 aliphatic rings. The van der Waals surface area contributed by atoms with Crippen LogP contribution in [0, 0.1) is 0 Å². The number of Topliss-reactive ketones (excluding diaryl/α,β-unsaturated/α-hetero) is 1. The average molecular weight is 234 g/mol. The molecule has 0 aliphatic carbocycles. The Morgan fingerprint density at radius 1 is 1.53 bits per heavy atom. The molecule has 90 valence electrons. The molecule has 1 aliphatic heterocycles. The molecule has 0 unspecified atom stereocenters. The summed E-state index contributed by atoms with van der Waals surface area (Å²) in [7, 11) is 0. The van der Waals surface area contributed by atoms with Gasteiger partial charge in [0.1, 0.15) is 11.9 Å². The first-order chi connectivity index (χ1) is 8.04. The maximum atomic E-state index is 11.2. The molecule has 0 saturated heterocycles. The monoisotopic (exact) mass is 234 g/mol. The fourth-order valence-corrected chi connectivity index (χ4v) is 1.86. The van der Waals surface area contributed by atoms with Gasteiger partial charge in [0.15, 0.2) is 11.9 Å². The maximum Gasteiger partial charge on any atom is 0.159 e. The number of ketones is 1.